The summed E-state index contributed by atoms with van der Waals surface area (Å²) in [5.41, 5.74) is -0.844. The molecule has 1 aromatic heterocycles. The number of nitro groups is 1. The molecule has 1 aliphatic rings. The molecule has 8 heteroatoms. The van der Waals surface area contributed by atoms with E-state index in [1.165, 1.54) is 6.07 Å². The number of likely N-dealkylation sites (tertiary alicyclic amines) is 1. The van der Waals surface area contributed by atoms with Gasteiger partial charge in [-0.25, -0.2) is 9.78 Å². The number of hydrogen-bond acceptors (Lipinski definition) is 6. The summed E-state index contributed by atoms with van der Waals surface area (Å²) < 4.78 is 0. The van der Waals surface area contributed by atoms with Crippen molar-refractivity contribution in [2.45, 2.75) is 31.8 Å². The second-order valence-corrected chi connectivity index (χ2v) is 5.34. The fourth-order valence-electron chi connectivity index (χ4n) is 2.47. The Labute approximate surface area is 121 Å². The van der Waals surface area contributed by atoms with E-state index in [-0.39, 0.29) is 11.6 Å². The lowest BCUT2D eigenvalue weighted by Gasteiger charge is -2.35. The van der Waals surface area contributed by atoms with Crippen molar-refractivity contribution in [2.24, 2.45) is 0 Å². The number of hydrogen-bond donors (Lipinski definition) is 2. The predicted molar refractivity (Wildman–Crippen MR) is 76.6 cm³/mol. The van der Waals surface area contributed by atoms with Crippen molar-refractivity contribution in [1.82, 2.24) is 9.88 Å². The first-order valence-electron chi connectivity index (χ1n) is 6.73. The van der Waals surface area contributed by atoms with Crippen molar-refractivity contribution < 1.29 is 14.8 Å². The maximum absolute atomic E-state index is 11.1. The van der Waals surface area contributed by atoms with Crippen LogP contribution in [0, 0.1) is 10.1 Å². The summed E-state index contributed by atoms with van der Waals surface area (Å²) in [7, 11) is 2.06. The number of nitrogens with zero attached hydrogens (tertiary/aromatic N) is 3. The van der Waals surface area contributed by atoms with Crippen molar-refractivity contribution in [3.63, 3.8) is 0 Å². The third-order valence-corrected chi connectivity index (χ3v) is 3.87. The van der Waals surface area contributed by atoms with E-state index in [9.17, 15) is 14.9 Å². The molecule has 2 unspecified atom stereocenters. The molecule has 114 valence electrons. The van der Waals surface area contributed by atoms with E-state index in [2.05, 4.69) is 29.2 Å². The lowest BCUT2D eigenvalue weighted by atomic mass is 9.99. The lowest BCUT2D eigenvalue weighted by Crippen LogP contribution is -2.42. The van der Waals surface area contributed by atoms with Crippen LogP contribution >= 0.6 is 0 Å². The number of aromatic nitrogens is 1. The van der Waals surface area contributed by atoms with Gasteiger partial charge in [-0.1, -0.05) is 0 Å². The van der Waals surface area contributed by atoms with E-state index in [0.29, 0.717) is 11.9 Å². The van der Waals surface area contributed by atoms with Gasteiger partial charge in [0.2, 0.25) is 0 Å². The molecule has 1 saturated heterocycles. The first-order valence-corrected chi connectivity index (χ1v) is 6.73. The predicted octanol–water partition coefficient (Wildman–Crippen LogP) is 1.58. The molecule has 1 fully saturated rings. The Balaban J connectivity index is 2.16. The summed E-state index contributed by atoms with van der Waals surface area (Å²) in [4.78, 5) is 27.3. The highest BCUT2D eigenvalue weighted by atomic mass is 16.6. The highest BCUT2D eigenvalue weighted by Gasteiger charge is 2.25. The Morgan fingerprint density at radius 3 is 2.90 bits per heavy atom. The highest BCUT2D eigenvalue weighted by molar-refractivity contribution is 5.93. The third-order valence-electron chi connectivity index (χ3n) is 3.87. The lowest BCUT2D eigenvalue weighted by molar-refractivity contribution is -0.385. The summed E-state index contributed by atoms with van der Waals surface area (Å²) in [6.07, 6.45) is 2.82. The van der Waals surface area contributed by atoms with Gasteiger partial charge >= 0.3 is 11.7 Å². The van der Waals surface area contributed by atoms with Crippen LogP contribution in [0.25, 0.3) is 0 Å². The van der Waals surface area contributed by atoms with Gasteiger partial charge in [0.05, 0.1) is 4.92 Å². The second-order valence-electron chi connectivity index (χ2n) is 5.34. The summed E-state index contributed by atoms with van der Waals surface area (Å²) in [5, 5.41) is 23.0. The Morgan fingerprint density at radius 2 is 2.33 bits per heavy atom. The summed E-state index contributed by atoms with van der Waals surface area (Å²) in [6.45, 7) is 3.07. The van der Waals surface area contributed by atoms with Crippen molar-refractivity contribution in [3.05, 3.63) is 27.9 Å². The number of aromatic carboxylic acids is 1. The smallest absolute Gasteiger partial charge is 0.342 e. The van der Waals surface area contributed by atoms with E-state index in [0.717, 1.165) is 25.6 Å². The van der Waals surface area contributed by atoms with Crippen LogP contribution in [0.1, 0.15) is 30.1 Å². The average Bonchev–Trinajstić information content (AvgIpc) is 2.42. The fraction of sp³-hybridized carbons (Fsp3) is 0.538. The molecule has 2 N–H and O–H groups in total. The number of rotatable bonds is 4. The summed E-state index contributed by atoms with van der Waals surface area (Å²) in [5.74, 6) is -0.969. The van der Waals surface area contributed by atoms with Gasteiger partial charge in [-0.15, -0.1) is 0 Å². The Kier molecular flexibility index (Phi) is 4.37. The third kappa shape index (κ3) is 3.46. The second kappa shape index (κ2) is 6.04. The number of carbonyl (C=O) groups is 1. The zero-order chi connectivity index (χ0) is 15.6. The van der Waals surface area contributed by atoms with Crippen molar-refractivity contribution >= 4 is 17.5 Å². The average molecular weight is 294 g/mol. The van der Waals surface area contributed by atoms with E-state index in [4.69, 9.17) is 5.11 Å². The van der Waals surface area contributed by atoms with Gasteiger partial charge in [0.15, 0.2) is 0 Å². The Hall–Kier alpha value is -2.22. The number of anilines is 1. The van der Waals surface area contributed by atoms with E-state index >= 15 is 0 Å². The molecule has 0 radical (unpaired) electrons. The first kappa shape index (κ1) is 15.2. The molecular formula is C13H18N4O4. The van der Waals surface area contributed by atoms with Gasteiger partial charge in [-0.2, -0.15) is 0 Å². The van der Waals surface area contributed by atoms with Gasteiger partial charge in [0.25, 0.3) is 0 Å². The normalized spacial score (nSPS) is 22.8. The molecule has 0 aliphatic carbocycles. The molecule has 21 heavy (non-hydrogen) atoms. The maximum atomic E-state index is 11.1. The zero-order valence-electron chi connectivity index (χ0n) is 11.9. The largest absolute Gasteiger partial charge is 0.477 e. The number of nitrogens with one attached hydrogen (secondary N) is 1. The van der Waals surface area contributed by atoms with Gasteiger partial charge in [-0.05, 0) is 26.8 Å². The monoisotopic (exact) mass is 294 g/mol. The van der Waals surface area contributed by atoms with Crippen LogP contribution in [-0.2, 0) is 0 Å². The molecule has 0 amide bonds. The number of carboxylic acid groups (broad SMARTS) is 1. The molecule has 1 aromatic rings. The fourth-order valence-corrected chi connectivity index (χ4v) is 2.47. The molecule has 0 saturated carbocycles. The quantitative estimate of drug-likeness (QED) is 0.641. The van der Waals surface area contributed by atoms with Crippen LogP contribution in [-0.4, -0.2) is 51.6 Å². The minimum atomic E-state index is -1.33. The Bertz CT molecular complexity index is 563. The molecule has 0 bridgehead atoms. The number of pyridine rings is 1. The van der Waals surface area contributed by atoms with Gasteiger partial charge < -0.3 is 15.3 Å². The standard InChI is InChI=1S/C13H18N4O4/c1-8-5-9(3-4-16(8)2)15-12-6-10(13(18)19)11(7-14-12)17(20)21/h6-9H,3-5H2,1-2H3,(H,14,15)(H,18,19). The van der Waals surface area contributed by atoms with Gasteiger partial charge in [0, 0.05) is 24.7 Å². The van der Waals surface area contributed by atoms with Gasteiger partial charge in [0.1, 0.15) is 17.6 Å². The molecule has 2 atom stereocenters. The zero-order valence-corrected chi connectivity index (χ0v) is 11.9. The van der Waals surface area contributed by atoms with E-state index in [1.54, 1.807) is 0 Å². The Morgan fingerprint density at radius 1 is 1.62 bits per heavy atom. The first-order chi connectivity index (χ1) is 9.88. The minimum absolute atomic E-state index is 0.187. The van der Waals surface area contributed by atoms with Crippen LogP contribution in [0.5, 0.6) is 0 Å². The molecule has 1 aliphatic heterocycles. The maximum Gasteiger partial charge on any atom is 0.342 e. The van der Waals surface area contributed by atoms with Crippen LogP contribution < -0.4 is 5.32 Å². The molecular weight excluding hydrogens is 276 g/mol. The van der Waals surface area contributed by atoms with Crippen molar-refractivity contribution in [2.75, 3.05) is 18.9 Å². The van der Waals surface area contributed by atoms with E-state index < -0.39 is 16.6 Å². The number of piperidine rings is 1. The molecule has 8 nitrogen and oxygen atoms in total. The van der Waals surface area contributed by atoms with Crippen LogP contribution in [0.3, 0.4) is 0 Å². The highest BCUT2D eigenvalue weighted by Crippen LogP contribution is 2.23. The topological polar surface area (TPSA) is 109 Å². The summed E-state index contributed by atoms with van der Waals surface area (Å²) >= 11 is 0. The molecule has 2 rings (SSSR count). The van der Waals surface area contributed by atoms with Crippen LogP contribution in [0.15, 0.2) is 12.3 Å². The molecule has 0 spiro atoms. The van der Waals surface area contributed by atoms with Crippen LogP contribution in [0.2, 0.25) is 0 Å². The SMILES string of the molecule is CC1CC(Nc2cc(C(=O)O)c([N+](=O)[O-])cn2)CCN1C. The molecule has 2 heterocycles. The molecule has 0 aromatic carbocycles. The van der Waals surface area contributed by atoms with Crippen LogP contribution in [0.4, 0.5) is 11.5 Å². The van der Waals surface area contributed by atoms with Crippen molar-refractivity contribution in [3.8, 4) is 0 Å². The van der Waals surface area contributed by atoms with Crippen molar-refractivity contribution in [1.29, 1.82) is 0 Å². The number of carboxylic acids is 1. The van der Waals surface area contributed by atoms with Gasteiger partial charge in [-0.3, -0.25) is 10.1 Å². The minimum Gasteiger partial charge on any atom is -0.477 e. The van der Waals surface area contributed by atoms with E-state index in [1.807, 2.05) is 0 Å². The summed E-state index contributed by atoms with van der Waals surface area (Å²) in [6, 6.07) is 1.84.